The summed E-state index contributed by atoms with van der Waals surface area (Å²) in [4.78, 5) is 17.4. The number of amides is 1. The van der Waals surface area contributed by atoms with E-state index in [0.717, 1.165) is 76.1 Å². The SMILES string of the molecule is O=C(c1cccc(OC2CCN(CCc3ccccc3)CC2)c1)N1CCCCCC1. The average molecular weight is 407 g/mol. The Balaban J connectivity index is 1.26. The quantitative estimate of drug-likeness (QED) is 0.692. The summed E-state index contributed by atoms with van der Waals surface area (Å²) in [5.74, 6) is 0.983. The standard InChI is InChI=1S/C26H34N2O2/c29-26(28-16-6-1-2-7-17-28)23-11-8-12-25(21-23)30-24-14-19-27(20-15-24)18-13-22-9-4-3-5-10-22/h3-5,8-12,21,24H,1-2,6-7,13-20H2. The van der Waals surface area contributed by atoms with Crippen LogP contribution in [0.15, 0.2) is 54.6 Å². The molecule has 0 radical (unpaired) electrons. The van der Waals surface area contributed by atoms with Crippen molar-refractivity contribution in [3.63, 3.8) is 0 Å². The van der Waals surface area contributed by atoms with Crippen LogP contribution in [0.1, 0.15) is 54.4 Å². The molecular weight excluding hydrogens is 372 g/mol. The highest BCUT2D eigenvalue weighted by Gasteiger charge is 2.22. The number of hydrogen-bond acceptors (Lipinski definition) is 3. The van der Waals surface area contributed by atoms with Gasteiger partial charge in [-0.2, -0.15) is 0 Å². The van der Waals surface area contributed by atoms with Crippen molar-refractivity contribution in [1.82, 2.24) is 9.80 Å². The van der Waals surface area contributed by atoms with Crippen LogP contribution >= 0.6 is 0 Å². The van der Waals surface area contributed by atoms with E-state index in [1.54, 1.807) is 0 Å². The summed E-state index contributed by atoms with van der Waals surface area (Å²) in [5.41, 5.74) is 2.16. The monoisotopic (exact) mass is 406 g/mol. The van der Waals surface area contributed by atoms with Crippen molar-refractivity contribution in [2.45, 2.75) is 51.0 Å². The van der Waals surface area contributed by atoms with Gasteiger partial charge in [0, 0.05) is 38.3 Å². The molecule has 0 unspecified atom stereocenters. The Morgan fingerprint density at radius 2 is 1.60 bits per heavy atom. The molecule has 0 N–H and O–H groups in total. The van der Waals surface area contributed by atoms with E-state index in [0.29, 0.717) is 0 Å². The van der Waals surface area contributed by atoms with Crippen LogP contribution in [-0.2, 0) is 6.42 Å². The van der Waals surface area contributed by atoms with Crippen LogP contribution < -0.4 is 4.74 Å². The van der Waals surface area contributed by atoms with Crippen molar-refractivity contribution in [3.8, 4) is 5.75 Å². The lowest BCUT2D eigenvalue weighted by atomic mass is 10.1. The minimum absolute atomic E-state index is 0.151. The highest BCUT2D eigenvalue weighted by atomic mass is 16.5. The van der Waals surface area contributed by atoms with E-state index in [9.17, 15) is 4.79 Å². The van der Waals surface area contributed by atoms with Crippen molar-refractivity contribution in [1.29, 1.82) is 0 Å². The molecule has 160 valence electrons. The van der Waals surface area contributed by atoms with Crippen molar-refractivity contribution in [2.75, 3.05) is 32.7 Å². The first-order chi connectivity index (χ1) is 14.8. The fourth-order valence-electron chi connectivity index (χ4n) is 4.53. The molecule has 0 saturated carbocycles. The minimum atomic E-state index is 0.151. The van der Waals surface area contributed by atoms with Crippen LogP contribution in [0.4, 0.5) is 0 Å². The molecule has 4 rings (SSSR count). The zero-order valence-corrected chi connectivity index (χ0v) is 18.0. The number of likely N-dealkylation sites (tertiary alicyclic amines) is 2. The number of ether oxygens (including phenoxy) is 1. The molecule has 2 aliphatic rings. The van der Waals surface area contributed by atoms with Crippen LogP contribution in [0.2, 0.25) is 0 Å². The number of carbonyl (C=O) groups is 1. The third kappa shape index (κ3) is 5.85. The molecule has 0 aliphatic carbocycles. The molecule has 1 amide bonds. The Morgan fingerprint density at radius 3 is 2.33 bits per heavy atom. The zero-order chi connectivity index (χ0) is 20.6. The van der Waals surface area contributed by atoms with Crippen molar-refractivity contribution < 1.29 is 9.53 Å². The maximum Gasteiger partial charge on any atom is 0.253 e. The Labute approximate surface area is 180 Å². The highest BCUT2D eigenvalue weighted by Crippen LogP contribution is 2.22. The Morgan fingerprint density at radius 1 is 0.867 bits per heavy atom. The molecule has 2 aliphatic heterocycles. The number of benzene rings is 2. The van der Waals surface area contributed by atoms with Gasteiger partial charge in [0.15, 0.2) is 0 Å². The molecule has 2 fully saturated rings. The van der Waals surface area contributed by atoms with E-state index >= 15 is 0 Å². The minimum Gasteiger partial charge on any atom is -0.490 e. The summed E-state index contributed by atoms with van der Waals surface area (Å²) in [6, 6.07) is 18.5. The fourth-order valence-corrected chi connectivity index (χ4v) is 4.53. The van der Waals surface area contributed by atoms with Gasteiger partial charge in [0.05, 0.1) is 0 Å². The largest absolute Gasteiger partial charge is 0.490 e. The topological polar surface area (TPSA) is 32.8 Å². The van der Waals surface area contributed by atoms with Gasteiger partial charge in [-0.05, 0) is 55.9 Å². The van der Waals surface area contributed by atoms with Crippen LogP contribution in [0.25, 0.3) is 0 Å². The van der Waals surface area contributed by atoms with E-state index < -0.39 is 0 Å². The van der Waals surface area contributed by atoms with E-state index in [2.05, 4.69) is 35.2 Å². The summed E-state index contributed by atoms with van der Waals surface area (Å²) in [6.45, 7) is 5.01. The first-order valence-electron chi connectivity index (χ1n) is 11.6. The molecular formula is C26H34N2O2. The maximum absolute atomic E-state index is 12.9. The number of hydrogen-bond donors (Lipinski definition) is 0. The van der Waals surface area contributed by atoms with Crippen molar-refractivity contribution in [3.05, 3.63) is 65.7 Å². The van der Waals surface area contributed by atoms with Gasteiger partial charge in [0.2, 0.25) is 0 Å². The molecule has 4 heteroatoms. The normalized spacial score (nSPS) is 18.7. The van der Waals surface area contributed by atoms with Gasteiger partial charge in [-0.3, -0.25) is 4.79 Å². The predicted molar refractivity (Wildman–Crippen MR) is 121 cm³/mol. The van der Waals surface area contributed by atoms with Crippen LogP contribution in [0, 0.1) is 0 Å². The molecule has 2 aromatic carbocycles. The number of carbonyl (C=O) groups excluding carboxylic acids is 1. The van der Waals surface area contributed by atoms with Gasteiger partial charge in [-0.25, -0.2) is 0 Å². The lowest BCUT2D eigenvalue weighted by molar-refractivity contribution is 0.0759. The average Bonchev–Trinajstić information content (AvgIpc) is 3.09. The summed E-state index contributed by atoms with van der Waals surface area (Å²) in [5, 5.41) is 0. The summed E-state index contributed by atoms with van der Waals surface area (Å²) >= 11 is 0. The second-order valence-corrected chi connectivity index (χ2v) is 8.63. The molecule has 4 nitrogen and oxygen atoms in total. The third-order valence-corrected chi connectivity index (χ3v) is 6.37. The van der Waals surface area contributed by atoms with E-state index in [1.165, 1.54) is 18.4 Å². The van der Waals surface area contributed by atoms with E-state index in [4.69, 9.17) is 4.74 Å². The number of rotatable bonds is 6. The lowest BCUT2D eigenvalue weighted by Gasteiger charge is -2.32. The smallest absolute Gasteiger partial charge is 0.253 e. The van der Waals surface area contributed by atoms with Crippen molar-refractivity contribution >= 4 is 5.91 Å². The zero-order valence-electron chi connectivity index (χ0n) is 18.0. The highest BCUT2D eigenvalue weighted by molar-refractivity contribution is 5.94. The Kier molecular flexibility index (Phi) is 7.41. The van der Waals surface area contributed by atoms with Crippen LogP contribution in [-0.4, -0.2) is 54.5 Å². The van der Waals surface area contributed by atoms with E-state index in [-0.39, 0.29) is 12.0 Å². The molecule has 0 bridgehead atoms. The van der Waals surface area contributed by atoms with Crippen molar-refractivity contribution in [2.24, 2.45) is 0 Å². The maximum atomic E-state index is 12.9. The molecule has 2 saturated heterocycles. The Hall–Kier alpha value is -2.33. The summed E-state index contributed by atoms with van der Waals surface area (Å²) in [7, 11) is 0. The lowest BCUT2D eigenvalue weighted by Crippen LogP contribution is -2.39. The second kappa shape index (κ2) is 10.6. The first-order valence-corrected chi connectivity index (χ1v) is 11.6. The van der Waals surface area contributed by atoms with Gasteiger partial charge >= 0.3 is 0 Å². The molecule has 0 spiro atoms. The molecule has 30 heavy (non-hydrogen) atoms. The van der Waals surface area contributed by atoms with Gasteiger partial charge < -0.3 is 14.5 Å². The Bertz CT molecular complexity index is 792. The molecule has 2 heterocycles. The van der Waals surface area contributed by atoms with Crippen LogP contribution in [0.3, 0.4) is 0 Å². The molecule has 0 atom stereocenters. The summed E-state index contributed by atoms with van der Waals surface area (Å²) in [6.07, 6.45) is 8.12. The summed E-state index contributed by atoms with van der Waals surface area (Å²) < 4.78 is 6.27. The second-order valence-electron chi connectivity index (χ2n) is 8.63. The predicted octanol–water partition coefficient (Wildman–Crippen LogP) is 4.79. The third-order valence-electron chi connectivity index (χ3n) is 6.37. The molecule has 2 aromatic rings. The van der Waals surface area contributed by atoms with Gasteiger partial charge in [0.1, 0.15) is 11.9 Å². The van der Waals surface area contributed by atoms with Crippen LogP contribution in [0.5, 0.6) is 5.75 Å². The van der Waals surface area contributed by atoms with Gasteiger partial charge in [0.25, 0.3) is 5.91 Å². The number of nitrogens with zero attached hydrogens (tertiary/aromatic N) is 2. The molecule has 0 aromatic heterocycles. The first kappa shape index (κ1) is 20.9. The van der Waals surface area contributed by atoms with Gasteiger partial charge in [-0.15, -0.1) is 0 Å². The number of piperidine rings is 1. The van der Waals surface area contributed by atoms with E-state index in [1.807, 2.05) is 29.2 Å². The van der Waals surface area contributed by atoms with Gasteiger partial charge in [-0.1, -0.05) is 49.2 Å². The fraction of sp³-hybridized carbons (Fsp3) is 0.500.